The Kier molecular flexibility index (Phi) is 3.60. The summed E-state index contributed by atoms with van der Waals surface area (Å²) in [7, 11) is 0. The fourth-order valence-corrected chi connectivity index (χ4v) is 1.17. The molecule has 0 atom stereocenters. The fraction of sp³-hybridized carbons (Fsp3) is 0.500. The Morgan fingerprint density at radius 2 is 1.80 bits per heavy atom. The van der Waals surface area contributed by atoms with Crippen molar-refractivity contribution in [2.45, 2.75) is 27.2 Å². The standard InChI is InChI=1S/C10H15N3O2/c1-6-7(2)13-10(8(3)12-6)11-5-4-9(14)15/h4-5H2,1-3H3,(H,11,13)(H,14,15). The second-order valence-corrected chi connectivity index (χ2v) is 3.40. The average molecular weight is 209 g/mol. The Labute approximate surface area is 88.6 Å². The summed E-state index contributed by atoms with van der Waals surface area (Å²) in [5.41, 5.74) is 2.55. The first-order chi connectivity index (χ1) is 7.00. The normalized spacial score (nSPS) is 10.1. The number of hydrogen-bond donors (Lipinski definition) is 2. The van der Waals surface area contributed by atoms with Crippen LogP contribution in [-0.2, 0) is 4.79 Å². The summed E-state index contributed by atoms with van der Waals surface area (Å²) < 4.78 is 0. The molecule has 0 radical (unpaired) electrons. The molecule has 0 aliphatic heterocycles. The molecule has 0 amide bonds. The Bertz CT molecular complexity index is 377. The highest BCUT2D eigenvalue weighted by Crippen LogP contribution is 2.11. The minimum absolute atomic E-state index is 0.0774. The zero-order valence-electron chi connectivity index (χ0n) is 9.16. The van der Waals surface area contributed by atoms with Crippen LogP contribution >= 0.6 is 0 Å². The quantitative estimate of drug-likeness (QED) is 0.781. The van der Waals surface area contributed by atoms with Crippen LogP contribution < -0.4 is 5.32 Å². The largest absolute Gasteiger partial charge is 0.481 e. The van der Waals surface area contributed by atoms with Crippen molar-refractivity contribution in [2.24, 2.45) is 0 Å². The highest BCUT2D eigenvalue weighted by Gasteiger charge is 2.05. The van der Waals surface area contributed by atoms with E-state index in [1.807, 2.05) is 20.8 Å². The van der Waals surface area contributed by atoms with Gasteiger partial charge in [-0.2, -0.15) is 0 Å². The number of nitrogens with one attached hydrogen (secondary N) is 1. The third kappa shape index (κ3) is 3.19. The lowest BCUT2D eigenvalue weighted by atomic mass is 10.3. The minimum atomic E-state index is -0.822. The van der Waals surface area contributed by atoms with Gasteiger partial charge in [0.25, 0.3) is 0 Å². The molecule has 0 fully saturated rings. The second-order valence-electron chi connectivity index (χ2n) is 3.40. The molecule has 1 heterocycles. The van der Waals surface area contributed by atoms with E-state index in [1.165, 1.54) is 0 Å². The van der Waals surface area contributed by atoms with Gasteiger partial charge in [-0.1, -0.05) is 0 Å². The maximum Gasteiger partial charge on any atom is 0.305 e. The van der Waals surface area contributed by atoms with Crippen molar-refractivity contribution in [1.82, 2.24) is 9.97 Å². The first-order valence-corrected chi connectivity index (χ1v) is 4.78. The van der Waals surface area contributed by atoms with E-state index >= 15 is 0 Å². The molecule has 1 aromatic rings. The van der Waals surface area contributed by atoms with Gasteiger partial charge in [-0.25, -0.2) is 4.98 Å². The number of aliphatic carboxylic acids is 1. The van der Waals surface area contributed by atoms with Crippen LogP contribution in [0.25, 0.3) is 0 Å². The van der Waals surface area contributed by atoms with Crippen molar-refractivity contribution in [3.63, 3.8) is 0 Å². The maximum absolute atomic E-state index is 10.3. The van der Waals surface area contributed by atoms with Crippen LogP contribution in [0.1, 0.15) is 23.5 Å². The van der Waals surface area contributed by atoms with E-state index in [1.54, 1.807) is 0 Å². The summed E-state index contributed by atoms with van der Waals surface area (Å²) in [6.45, 7) is 6.00. The molecule has 0 aliphatic rings. The van der Waals surface area contributed by atoms with Gasteiger partial charge in [0.1, 0.15) is 5.82 Å². The summed E-state index contributed by atoms with van der Waals surface area (Å²) >= 11 is 0. The summed E-state index contributed by atoms with van der Waals surface area (Å²) in [6, 6.07) is 0. The van der Waals surface area contributed by atoms with Crippen molar-refractivity contribution >= 4 is 11.8 Å². The number of rotatable bonds is 4. The summed E-state index contributed by atoms with van der Waals surface area (Å²) in [6.07, 6.45) is 0.0774. The van der Waals surface area contributed by atoms with E-state index in [-0.39, 0.29) is 6.42 Å². The first kappa shape index (κ1) is 11.4. The number of aryl methyl sites for hydroxylation is 3. The molecule has 0 aliphatic carbocycles. The van der Waals surface area contributed by atoms with E-state index in [0.29, 0.717) is 12.4 Å². The molecule has 0 aromatic carbocycles. The molecule has 0 saturated carbocycles. The zero-order chi connectivity index (χ0) is 11.4. The first-order valence-electron chi connectivity index (χ1n) is 4.78. The van der Waals surface area contributed by atoms with Gasteiger partial charge in [0, 0.05) is 6.54 Å². The van der Waals surface area contributed by atoms with Crippen LogP contribution in [0.15, 0.2) is 0 Å². The van der Waals surface area contributed by atoms with Gasteiger partial charge in [0.15, 0.2) is 0 Å². The number of anilines is 1. The van der Waals surface area contributed by atoms with Crippen LogP contribution in [0.3, 0.4) is 0 Å². The van der Waals surface area contributed by atoms with Crippen molar-refractivity contribution in [3.8, 4) is 0 Å². The zero-order valence-corrected chi connectivity index (χ0v) is 9.16. The van der Waals surface area contributed by atoms with Gasteiger partial charge in [-0.05, 0) is 20.8 Å². The van der Waals surface area contributed by atoms with E-state index in [9.17, 15) is 4.79 Å². The SMILES string of the molecule is Cc1nc(C)c(NCCC(=O)O)nc1C. The highest BCUT2D eigenvalue weighted by atomic mass is 16.4. The third-order valence-corrected chi connectivity index (χ3v) is 2.11. The molecule has 0 bridgehead atoms. The molecule has 5 nitrogen and oxygen atoms in total. The molecular weight excluding hydrogens is 194 g/mol. The predicted octanol–water partition coefficient (Wildman–Crippen LogP) is 1.29. The lowest BCUT2D eigenvalue weighted by Crippen LogP contribution is -2.11. The van der Waals surface area contributed by atoms with Crippen molar-refractivity contribution in [1.29, 1.82) is 0 Å². The fourth-order valence-electron chi connectivity index (χ4n) is 1.17. The number of carbonyl (C=O) groups is 1. The Balaban J connectivity index is 2.69. The number of carboxylic acids is 1. The van der Waals surface area contributed by atoms with E-state index in [0.717, 1.165) is 17.1 Å². The molecule has 1 rings (SSSR count). The van der Waals surface area contributed by atoms with E-state index < -0.39 is 5.97 Å². The van der Waals surface area contributed by atoms with Crippen molar-refractivity contribution in [2.75, 3.05) is 11.9 Å². The van der Waals surface area contributed by atoms with Crippen molar-refractivity contribution < 1.29 is 9.90 Å². The molecule has 82 valence electrons. The Hall–Kier alpha value is -1.65. The number of hydrogen-bond acceptors (Lipinski definition) is 4. The van der Waals surface area contributed by atoms with Gasteiger partial charge in [-0.15, -0.1) is 0 Å². The van der Waals surface area contributed by atoms with Gasteiger partial charge >= 0.3 is 5.97 Å². The summed E-state index contributed by atoms with van der Waals surface area (Å²) in [5.74, 6) is -0.156. The molecule has 15 heavy (non-hydrogen) atoms. The van der Waals surface area contributed by atoms with Crippen LogP contribution in [-0.4, -0.2) is 27.6 Å². The number of nitrogens with zero attached hydrogens (tertiary/aromatic N) is 2. The molecule has 1 aromatic heterocycles. The van der Waals surface area contributed by atoms with E-state index in [4.69, 9.17) is 5.11 Å². The molecule has 0 spiro atoms. The minimum Gasteiger partial charge on any atom is -0.481 e. The van der Waals surface area contributed by atoms with E-state index in [2.05, 4.69) is 15.3 Å². The molecule has 0 unspecified atom stereocenters. The topological polar surface area (TPSA) is 75.1 Å². The number of carboxylic acid groups (broad SMARTS) is 1. The molecule has 0 saturated heterocycles. The maximum atomic E-state index is 10.3. The molecule has 5 heteroatoms. The lowest BCUT2D eigenvalue weighted by molar-refractivity contribution is -0.136. The van der Waals surface area contributed by atoms with Crippen molar-refractivity contribution in [3.05, 3.63) is 17.1 Å². The highest BCUT2D eigenvalue weighted by molar-refractivity contribution is 5.67. The number of aromatic nitrogens is 2. The van der Waals surface area contributed by atoms with Gasteiger partial charge in [-0.3, -0.25) is 9.78 Å². The van der Waals surface area contributed by atoms with Crippen LogP contribution in [0.2, 0.25) is 0 Å². The van der Waals surface area contributed by atoms with Gasteiger partial charge in [0.05, 0.1) is 23.5 Å². The lowest BCUT2D eigenvalue weighted by Gasteiger charge is -2.09. The Morgan fingerprint density at radius 1 is 1.20 bits per heavy atom. The summed E-state index contributed by atoms with van der Waals surface area (Å²) in [5, 5.41) is 11.4. The molecule has 2 N–H and O–H groups in total. The second kappa shape index (κ2) is 4.72. The van der Waals surface area contributed by atoms with Gasteiger partial charge < -0.3 is 10.4 Å². The van der Waals surface area contributed by atoms with Gasteiger partial charge in [0.2, 0.25) is 0 Å². The predicted molar refractivity (Wildman–Crippen MR) is 57.0 cm³/mol. The summed E-state index contributed by atoms with van der Waals surface area (Å²) in [4.78, 5) is 18.9. The Morgan fingerprint density at radius 3 is 2.40 bits per heavy atom. The molecular formula is C10H15N3O2. The monoisotopic (exact) mass is 209 g/mol. The van der Waals surface area contributed by atoms with Crippen LogP contribution in [0, 0.1) is 20.8 Å². The smallest absolute Gasteiger partial charge is 0.305 e. The van der Waals surface area contributed by atoms with Crippen LogP contribution in [0.4, 0.5) is 5.82 Å². The van der Waals surface area contributed by atoms with Crippen LogP contribution in [0.5, 0.6) is 0 Å². The third-order valence-electron chi connectivity index (χ3n) is 2.11. The average Bonchev–Trinajstić information content (AvgIpc) is 2.13.